The maximum Gasteiger partial charge on any atom is 0.240 e. The van der Waals surface area contributed by atoms with E-state index in [1.54, 1.807) is 12.1 Å². The fraction of sp³-hybridized carbons (Fsp3) is 0.462. The van der Waals surface area contributed by atoms with Crippen LogP contribution >= 0.6 is 11.6 Å². The zero-order valence-corrected chi connectivity index (χ0v) is 12.9. The van der Waals surface area contributed by atoms with E-state index >= 15 is 0 Å². The van der Waals surface area contributed by atoms with Crippen molar-refractivity contribution >= 4 is 27.5 Å². The molecule has 0 saturated heterocycles. The molecule has 0 aliphatic carbocycles. The van der Waals surface area contributed by atoms with Crippen LogP contribution in [0.3, 0.4) is 0 Å². The van der Waals surface area contributed by atoms with Gasteiger partial charge >= 0.3 is 0 Å². The molecule has 0 aliphatic heterocycles. The topological polar surface area (TPSA) is 75.3 Å². The molecule has 0 saturated carbocycles. The van der Waals surface area contributed by atoms with Gasteiger partial charge in [-0.05, 0) is 31.0 Å². The van der Waals surface area contributed by atoms with Crippen LogP contribution in [0.2, 0.25) is 0 Å². The molecule has 1 aromatic carbocycles. The third-order valence-corrected chi connectivity index (χ3v) is 4.30. The largest absolute Gasteiger partial charge is 0.356 e. The third-order valence-electron chi connectivity index (χ3n) is 2.63. The van der Waals surface area contributed by atoms with Crippen molar-refractivity contribution in [2.45, 2.75) is 24.7 Å². The lowest BCUT2D eigenvalue weighted by Crippen LogP contribution is -2.30. The molecule has 112 valence electrons. The van der Waals surface area contributed by atoms with Crippen LogP contribution in [0.5, 0.6) is 0 Å². The summed E-state index contributed by atoms with van der Waals surface area (Å²) >= 11 is 5.62. The molecule has 20 heavy (non-hydrogen) atoms. The zero-order valence-electron chi connectivity index (χ0n) is 11.4. The summed E-state index contributed by atoms with van der Waals surface area (Å²) in [6.07, 6.45) is 0.823. The van der Waals surface area contributed by atoms with E-state index in [1.165, 1.54) is 12.1 Å². The second kappa shape index (κ2) is 8.24. The molecule has 1 amide bonds. The van der Waals surface area contributed by atoms with Crippen LogP contribution in [0.15, 0.2) is 29.2 Å². The van der Waals surface area contributed by atoms with Crippen LogP contribution in [0.1, 0.15) is 18.9 Å². The highest BCUT2D eigenvalue weighted by atomic mass is 35.5. The van der Waals surface area contributed by atoms with E-state index in [9.17, 15) is 13.2 Å². The minimum Gasteiger partial charge on any atom is -0.356 e. The monoisotopic (exact) mass is 318 g/mol. The lowest BCUT2D eigenvalue weighted by Gasteiger charge is -2.07. The predicted molar refractivity (Wildman–Crippen MR) is 79.4 cm³/mol. The predicted octanol–water partition coefficient (Wildman–Crippen LogP) is 1.27. The summed E-state index contributed by atoms with van der Waals surface area (Å²) in [5, 5.41) is 2.61. The van der Waals surface area contributed by atoms with Gasteiger partial charge in [-0.25, -0.2) is 13.1 Å². The van der Waals surface area contributed by atoms with Crippen molar-refractivity contribution in [3.8, 4) is 0 Å². The van der Waals surface area contributed by atoms with Crippen LogP contribution < -0.4 is 10.0 Å². The Labute approximate surface area is 124 Å². The minimum absolute atomic E-state index is 0.0810. The number of sulfonamides is 1. The molecule has 0 aromatic heterocycles. The summed E-state index contributed by atoms with van der Waals surface area (Å²) in [6, 6.07) is 6.55. The first-order chi connectivity index (χ1) is 9.49. The summed E-state index contributed by atoms with van der Waals surface area (Å²) in [6.45, 7) is 2.43. The SMILES string of the molecule is CCNC(=O)CCNS(=O)(=O)c1ccc(CCCl)cc1. The fourth-order valence-corrected chi connectivity index (χ4v) is 2.86. The number of carbonyl (C=O) groups excluding carboxylic acids is 1. The number of halogens is 1. The Morgan fingerprint density at radius 2 is 1.90 bits per heavy atom. The number of carbonyl (C=O) groups is 1. The highest BCUT2D eigenvalue weighted by molar-refractivity contribution is 7.89. The van der Waals surface area contributed by atoms with Crippen LogP contribution in [0.25, 0.3) is 0 Å². The highest BCUT2D eigenvalue weighted by Gasteiger charge is 2.13. The van der Waals surface area contributed by atoms with Crippen molar-refractivity contribution in [1.29, 1.82) is 0 Å². The van der Waals surface area contributed by atoms with Crippen LogP contribution in [-0.2, 0) is 21.2 Å². The van der Waals surface area contributed by atoms with Gasteiger partial charge in [0.15, 0.2) is 0 Å². The molecule has 0 spiro atoms. The Morgan fingerprint density at radius 1 is 1.25 bits per heavy atom. The van der Waals surface area contributed by atoms with Crippen molar-refractivity contribution in [2.24, 2.45) is 0 Å². The first-order valence-corrected chi connectivity index (χ1v) is 8.42. The highest BCUT2D eigenvalue weighted by Crippen LogP contribution is 2.11. The first-order valence-electron chi connectivity index (χ1n) is 6.41. The fourth-order valence-electron chi connectivity index (χ4n) is 1.61. The Morgan fingerprint density at radius 3 is 2.45 bits per heavy atom. The molecule has 2 N–H and O–H groups in total. The summed E-state index contributed by atoms with van der Waals surface area (Å²) in [5.74, 6) is 0.323. The number of benzene rings is 1. The summed E-state index contributed by atoms with van der Waals surface area (Å²) in [5.41, 5.74) is 0.987. The molecule has 5 nitrogen and oxygen atoms in total. The first kappa shape index (κ1) is 16.9. The van der Waals surface area contributed by atoms with Gasteiger partial charge in [-0.1, -0.05) is 12.1 Å². The van der Waals surface area contributed by atoms with Gasteiger partial charge in [0.1, 0.15) is 0 Å². The van der Waals surface area contributed by atoms with E-state index in [0.717, 1.165) is 5.56 Å². The summed E-state index contributed by atoms with van der Waals surface area (Å²) < 4.78 is 26.3. The molecule has 0 fully saturated rings. The standard InChI is InChI=1S/C13H19ClN2O3S/c1-2-15-13(17)8-10-16-20(18,19)12-5-3-11(4-6-12)7-9-14/h3-6,16H,2,7-10H2,1H3,(H,15,17). The minimum atomic E-state index is -3.57. The van der Waals surface area contributed by atoms with Crippen molar-refractivity contribution in [3.63, 3.8) is 0 Å². The molecule has 1 rings (SSSR count). The number of nitrogens with one attached hydrogen (secondary N) is 2. The molecule has 0 atom stereocenters. The third kappa shape index (κ3) is 5.48. The molecule has 0 heterocycles. The van der Waals surface area contributed by atoms with Gasteiger partial charge in [-0.2, -0.15) is 0 Å². The Kier molecular flexibility index (Phi) is 6.98. The normalized spacial score (nSPS) is 11.3. The number of hydrogen-bond donors (Lipinski definition) is 2. The van der Waals surface area contributed by atoms with E-state index in [1.807, 2.05) is 6.92 Å². The average Bonchev–Trinajstić information content (AvgIpc) is 2.40. The van der Waals surface area contributed by atoms with E-state index in [4.69, 9.17) is 11.6 Å². The smallest absolute Gasteiger partial charge is 0.240 e. The quantitative estimate of drug-likeness (QED) is 0.709. The number of aryl methyl sites for hydroxylation is 1. The molecule has 7 heteroatoms. The van der Waals surface area contributed by atoms with Crippen LogP contribution in [-0.4, -0.2) is 33.3 Å². The van der Waals surface area contributed by atoms with E-state index in [0.29, 0.717) is 18.8 Å². The molecular formula is C13H19ClN2O3S. The number of hydrogen-bond acceptors (Lipinski definition) is 3. The lowest BCUT2D eigenvalue weighted by molar-refractivity contribution is -0.120. The summed E-state index contributed by atoms with van der Waals surface area (Å²) in [4.78, 5) is 11.4. The zero-order chi connectivity index (χ0) is 15.0. The Hall–Kier alpha value is -1.11. The molecule has 1 aromatic rings. The summed E-state index contributed by atoms with van der Waals surface area (Å²) in [7, 11) is -3.57. The number of rotatable bonds is 8. The molecule has 0 bridgehead atoms. The second-order valence-electron chi connectivity index (χ2n) is 4.18. The maximum atomic E-state index is 12.0. The van der Waals surface area contributed by atoms with Crippen LogP contribution in [0.4, 0.5) is 0 Å². The average molecular weight is 319 g/mol. The van der Waals surface area contributed by atoms with E-state index in [2.05, 4.69) is 10.0 Å². The van der Waals surface area contributed by atoms with Gasteiger partial charge in [0.2, 0.25) is 15.9 Å². The van der Waals surface area contributed by atoms with Gasteiger partial charge in [0, 0.05) is 25.4 Å². The van der Waals surface area contributed by atoms with E-state index < -0.39 is 10.0 Å². The van der Waals surface area contributed by atoms with Gasteiger partial charge in [0.25, 0.3) is 0 Å². The van der Waals surface area contributed by atoms with E-state index in [-0.39, 0.29) is 23.8 Å². The second-order valence-corrected chi connectivity index (χ2v) is 6.33. The number of alkyl halides is 1. The molecular weight excluding hydrogens is 300 g/mol. The van der Waals surface area contributed by atoms with Crippen molar-refractivity contribution in [3.05, 3.63) is 29.8 Å². The molecule has 0 aliphatic rings. The Balaban J connectivity index is 2.57. The van der Waals surface area contributed by atoms with Crippen molar-refractivity contribution in [1.82, 2.24) is 10.0 Å². The Bertz CT molecular complexity index is 529. The molecule has 0 unspecified atom stereocenters. The van der Waals surface area contributed by atoms with Gasteiger partial charge < -0.3 is 5.32 Å². The van der Waals surface area contributed by atoms with Gasteiger partial charge in [-0.3, -0.25) is 4.79 Å². The van der Waals surface area contributed by atoms with Gasteiger partial charge in [-0.15, -0.1) is 11.6 Å². The van der Waals surface area contributed by atoms with Crippen molar-refractivity contribution in [2.75, 3.05) is 19.0 Å². The number of amides is 1. The maximum absolute atomic E-state index is 12.0. The molecule has 0 radical (unpaired) electrons. The van der Waals surface area contributed by atoms with Crippen LogP contribution in [0, 0.1) is 0 Å². The lowest BCUT2D eigenvalue weighted by atomic mass is 10.2. The van der Waals surface area contributed by atoms with Crippen molar-refractivity contribution < 1.29 is 13.2 Å². The van der Waals surface area contributed by atoms with Gasteiger partial charge in [0.05, 0.1) is 4.90 Å².